The van der Waals surface area contributed by atoms with Gasteiger partial charge in [0.2, 0.25) is 5.91 Å². The minimum absolute atomic E-state index is 0.00141. The molecule has 0 aliphatic rings. The van der Waals surface area contributed by atoms with Crippen LogP contribution in [0, 0.1) is 0 Å². The van der Waals surface area contributed by atoms with E-state index in [1.165, 1.54) is 257 Å². The topological polar surface area (TPSA) is 95.9 Å². The zero-order chi connectivity index (χ0) is 55.7. The highest BCUT2D eigenvalue weighted by Gasteiger charge is 2.18. The Morgan fingerprint density at radius 1 is 0.364 bits per heavy atom. The molecule has 0 bridgehead atoms. The molecule has 0 aliphatic carbocycles. The molecule has 2 atom stereocenters. The summed E-state index contributed by atoms with van der Waals surface area (Å²) in [6.45, 7) is 4.89. The third-order valence-corrected chi connectivity index (χ3v) is 15.5. The monoisotopic (exact) mass is 1080 g/mol. The van der Waals surface area contributed by atoms with Gasteiger partial charge in [-0.3, -0.25) is 9.59 Å². The van der Waals surface area contributed by atoms with Crippen LogP contribution in [0.5, 0.6) is 0 Å². The lowest BCUT2D eigenvalue weighted by Crippen LogP contribution is -2.45. The number of aliphatic hydroxyl groups excluding tert-OH is 2. The Balaban J connectivity index is 3.48. The second-order valence-corrected chi connectivity index (χ2v) is 23.1. The zero-order valence-corrected chi connectivity index (χ0v) is 51.4. The van der Waals surface area contributed by atoms with Crippen LogP contribution in [0.2, 0.25) is 0 Å². The first-order valence-electron chi connectivity index (χ1n) is 34.1. The van der Waals surface area contributed by atoms with Gasteiger partial charge in [-0.1, -0.05) is 306 Å². The SMILES string of the molecule is CCCCC/C=C\C/C=C\CCCCCCCCCC(=O)OCCCCCCCCCCC/C=C\C/C=C\CCCCCCCCCC(=O)NC(CO)C(O)/C=C/CCCCCCCCCCCCCCCCCCCC. The molecule has 0 saturated heterocycles. The second kappa shape index (κ2) is 66.1. The molecule has 6 nitrogen and oxygen atoms in total. The van der Waals surface area contributed by atoms with Gasteiger partial charge in [-0.15, -0.1) is 0 Å². The zero-order valence-electron chi connectivity index (χ0n) is 51.4. The first-order chi connectivity index (χ1) is 38.0. The third-order valence-electron chi connectivity index (χ3n) is 15.5. The lowest BCUT2D eigenvalue weighted by Gasteiger charge is -2.20. The van der Waals surface area contributed by atoms with Gasteiger partial charge in [0.05, 0.1) is 25.4 Å². The van der Waals surface area contributed by atoms with Gasteiger partial charge in [-0.25, -0.2) is 0 Å². The van der Waals surface area contributed by atoms with Crippen LogP contribution in [0.3, 0.4) is 0 Å². The van der Waals surface area contributed by atoms with Crippen molar-refractivity contribution in [1.82, 2.24) is 5.32 Å². The molecule has 0 aromatic heterocycles. The van der Waals surface area contributed by atoms with Crippen LogP contribution >= 0.6 is 0 Å². The smallest absolute Gasteiger partial charge is 0.305 e. The molecule has 6 heteroatoms. The number of carbonyl (C=O) groups is 2. The summed E-state index contributed by atoms with van der Waals surface area (Å²) in [6.07, 6.45) is 87.0. The van der Waals surface area contributed by atoms with Crippen LogP contribution in [0.15, 0.2) is 60.8 Å². The van der Waals surface area contributed by atoms with Gasteiger partial charge in [0.1, 0.15) is 0 Å². The highest BCUT2D eigenvalue weighted by molar-refractivity contribution is 5.76. The number of ether oxygens (including phenoxy) is 1. The molecule has 3 N–H and O–H groups in total. The van der Waals surface area contributed by atoms with Crippen LogP contribution in [0.4, 0.5) is 0 Å². The van der Waals surface area contributed by atoms with Crippen molar-refractivity contribution in [2.45, 2.75) is 366 Å². The number of hydrogen-bond acceptors (Lipinski definition) is 5. The molecule has 0 saturated carbocycles. The molecule has 0 aromatic rings. The van der Waals surface area contributed by atoms with Crippen LogP contribution in [-0.4, -0.2) is 47.4 Å². The molecule has 450 valence electrons. The maximum atomic E-state index is 12.5. The van der Waals surface area contributed by atoms with E-state index in [1.807, 2.05) is 6.08 Å². The summed E-state index contributed by atoms with van der Waals surface area (Å²) in [7, 11) is 0. The van der Waals surface area contributed by atoms with E-state index in [0.717, 1.165) is 70.6 Å². The predicted octanol–water partition coefficient (Wildman–Crippen LogP) is 21.9. The molecule has 0 spiro atoms. The van der Waals surface area contributed by atoms with E-state index in [2.05, 4.69) is 67.8 Å². The number of allylic oxidation sites excluding steroid dienone is 9. The summed E-state index contributed by atoms with van der Waals surface area (Å²) in [4.78, 5) is 24.6. The average Bonchev–Trinajstić information content (AvgIpc) is 3.43. The first kappa shape index (κ1) is 74.6. The van der Waals surface area contributed by atoms with Crippen molar-refractivity contribution in [1.29, 1.82) is 0 Å². The number of amides is 1. The van der Waals surface area contributed by atoms with Crippen LogP contribution in [0.25, 0.3) is 0 Å². The van der Waals surface area contributed by atoms with E-state index in [9.17, 15) is 19.8 Å². The van der Waals surface area contributed by atoms with Gasteiger partial charge in [-0.05, 0) is 96.3 Å². The summed E-state index contributed by atoms with van der Waals surface area (Å²) < 4.78 is 5.49. The Labute approximate surface area is 479 Å². The molecule has 1 amide bonds. The maximum absolute atomic E-state index is 12.5. The van der Waals surface area contributed by atoms with Crippen LogP contribution in [0.1, 0.15) is 354 Å². The molecule has 0 heterocycles. The molecular weight excluding hydrogens is 947 g/mol. The van der Waals surface area contributed by atoms with Gasteiger partial charge in [0.25, 0.3) is 0 Å². The Morgan fingerprint density at radius 2 is 0.649 bits per heavy atom. The molecule has 0 radical (unpaired) electrons. The molecular formula is C71H131NO5. The Hall–Kier alpha value is -2.44. The average molecular weight is 1080 g/mol. The van der Waals surface area contributed by atoms with Crippen molar-refractivity contribution >= 4 is 11.9 Å². The lowest BCUT2D eigenvalue weighted by molar-refractivity contribution is -0.143. The molecule has 0 aromatic carbocycles. The Morgan fingerprint density at radius 3 is 1.01 bits per heavy atom. The van der Waals surface area contributed by atoms with E-state index in [1.54, 1.807) is 6.08 Å². The minimum atomic E-state index is -0.853. The van der Waals surface area contributed by atoms with E-state index >= 15 is 0 Å². The fourth-order valence-electron chi connectivity index (χ4n) is 10.3. The number of carbonyl (C=O) groups excluding carboxylic acids is 2. The molecule has 2 unspecified atom stereocenters. The predicted molar refractivity (Wildman–Crippen MR) is 338 cm³/mol. The highest BCUT2D eigenvalue weighted by Crippen LogP contribution is 2.17. The van der Waals surface area contributed by atoms with Crippen molar-refractivity contribution in [3.8, 4) is 0 Å². The summed E-state index contributed by atoms with van der Waals surface area (Å²) in [5.74, 6) is -0.0780. The number of hydrogen-bond donors (Lipinski definition) is 3. The van der Waals surface area contributed by atoms with E-state index < -0.39 is 12.1 Å². The standard InChI is InChI=1S/C71H131NO5/c1-3-5-7-9-11-13-15-17-19-21-22-28-32-35-39-43-47-51-55-59-63-69(74)68(67-73)72-70(75)64-60-56-52-48-44-40-36-33-29-26-24-23-25-27-30-34-38-42-46-50-54-58-62-66-77-71(76)65-61-57-53-49-45-41-37-31-20-18-16-14-12-10-8-6-4-2/h12,14,18,20,23,25-26,29,59,63,68-69,73-74H,3-11,13,15-17,19,21-22,24,27-28,30-58,60-62,64-67H2,1-2H3,(H,72,75)/b14-12-,20-18-,25-23-,29-26-,63-59+. The molecule has 0 aliphatic heterocycles. The van der Waals surface area contributed by atoms with Crippen LogP contribution < -0.4 is 5.32 Å². The normalized spacial score (nSPS) is 12.9. The number of rotatable bonds is 63. The fraction of sp³-hybridized carbons (Fsp3) is 0.831. The summed E-state index contributed by atoms with van der Waals surface area (Å²) >= 11 is 0. The van der Waals surface area contributed by atoms with Crippen molar-refractivity contribution in [3.05, 3.63) is 60.8 Å². The third kappa shape index (κ3) is 62.6. The molecule has 0 fully saturated rings. The number of esters is 1. The van der Waals surface area contributed by atoms with Gasteiger partial charge in [-0.2, -0.15) is 0 Å². The van der Waals surface area contributed by atoms with Crippen LogP contribution in [-0.2, 0) is 14.3 Å². The maximum Gasteiger partial charge on any atom is 0.305 e. The van der Waals surface area contributed by atoms with Crippen molar-refractivity contribution in [2.24, 2.45) is 0 Å². The second-order valence-electron chi connectivity index (χ2n) is 23.1. The van der Waals surface area contributed by atoms with Crippen molar-refractivity contribution in [2.75, 3.05) is 13.2 Å². The summed E-state index contributed by atoms with van der Waals surface area (Å²) in [6, 6.07) is -0.638. The molecule has 77 heavy (non-hydrogen) atoms. The lowest BCUT2D eigenvalue weighted by atomic mass is 10.0. The number of unbranched alkanes of at least 4 members (excludes halogenated alkanes) is 44. The Kier molecular flexibility index (Phi) is 64.0. The summed E-state index contributed by atoms with van der Waals surface area (Å²) in [5, 5.41) is 23.2. The van der Waals surface area contributed by atoms with Crippen molar-refractivity contribution < 1.29 is 24.5 Å². The quantitative estimate of drug-likeness (QED) is 0.0320. The highest BCUT2D eigenvalue weighted by atomic mass is 16.5. The largest absolute Gasteiger partial charge is 0.466 e. The molecule has 0 rings (SSSR count). The van der Waals surface area contributed by atoms with E-state index in [4.69, 9.17) is 4.74 Å². The summed E-state index contributed by atoms with van der Waals surface area (Å²) in [5.41, 5.74) is 0. The number of nitrogens with one attached hydrogen (secondary N) is 1. The van der Waals surface area contributed by atoms with Crippen molar-refractivity contribution in [3.63, 3.8) is 0 Å². The van der Waals surface area contributed by atoms with Gasteiger partial charge < -0.3 is 20.3 Å². The first-order valence-corrected chi connectivity index (χ1v) is 34.1. The van der Waals surface area contributed by atoms with Gasteiger partial charge in [0, 0.05) is 12.8 Å². The van der Waals surface area contributed by atoms with E-state index in [-0.39, 0.29) is 18.5 Å². The van der Waals surface area contributed by atoms with Gasteiger partial charge in [0.15, 0.2) is 0 Å². The number of aliphatic hydroxyl groups is 2. The Bertz CT molecular complexity index is 1340. The van der Waals surface area contributed by atoms with E-state index in [0.29, 0.717) is 19.4 Å². The minimum Gasteiger partial charge on any atom is -0.466 e. The van der Waals surface area contributed by atoms with Gasteiger partial charge >= 0.3 is 5.97 Å². The fourth-order valence-corrected chi connectivity index (χ4v) is 10.3.